The molecule has 0 aromatic carbocycles. The number of likely N-dealkylation sites (N-methyl/N-ethyl adjacent to an activating group) is 1. The molecule has 1 aliphatic rings. The Morgan fingerprint density at radius 1 is 1.65 bits per heavy atom. The van der Waals surface area contributed by atoms with Gasteiger partial charge in [-0.25, -0.2) is 0 Å². The van der Waals surface area contributed by atoms with Crippen LogP contribution in [0.3, 0.4) is 0 Å². The average Bonchev–Trinajstić information content (AvgIpc) is 2.52. The largest absolute Gasteiger partial charge is 0.480 e. The molecule has 0 spiro atoms. The molecular weight excluding hydrogens is 224 g/mol. The minimum absolute atomic E-state index is 0.00162. The normalized spacial score (nSPS) is 19.8. The summed E-state index contributed by atoms with van der Waals surface area (Å²) in [5, 5.41) is 8.73. The number of terminal acetylenes is 1. The van der Waals surface area contributed by atoms with E-state index in [4.69, 9.17) is 11.5 Å². The predicted molar refractivity (Wildman–Crippen MR) is 58.8 cm³/mol. The topological polar surface area (TPSA) is 77.9 Å². The molecule has 1 atom stereocenters. The predicted octanol–water partition coefficient (Wildman–Crippen LogP) is -0.846. The number of aliphatic carboxylic acids is 1. The molecule has 17 heavy (non-hydrogen) atoms. The third kappa shape index (κ3) is 2.82. The number of imide groups is 1. The van der Waals surface area contributed by atoms with Gasteiger partial charge in [0.15, 0.2) is 0 Å². The highest BCUT2D eigenvalue weighted by Crippen LogP contribution is 2.18. The Morgan fingerprint density at radius 2 is 2.29 bits per heavy atom. The van der Waals surface area contributed by atoms with E-state index in [9.17, 15) is 14.4 Å². The molecule has 1 N–H and O–H groups in total. The molecule has 0 aromatic rings. The third-order valence-corrected chi connectivity index (χ3v) is 2.61. The first kappa shape index (κ1) is 13.2. The van der Waals surface area contributed by atoms with Crippen LogP contribution in [0.2, 0.25) is 0 Å². The van der Waals surface area contributed by atoms with Gasteiger partial charge in [-0.1, -0.05) is 5.92 Å². The first-order valence-corrected chi connectivity index (χ1v) is 5.24. The summed E-state index contributed by atoms with van der Waals surface area (Å²) < 4.78 is 0. The van der Waals surface area contributed by atoms with Crippen LogP contribution in [0.1, 0.15) is 13.3 Å². The van der Waals surface area contributed by atoms with E-state index in [2.05, 4.69) is 5.92 Å². The molecule has 0 bridgehead atoms. The number of rotatable bonds is 5. The first-order chi connectivity index (χ1) is 8.01. The fourth-order valence-corrected chi connectivity index (χ4v) is 1.85. The zero-order valence-electron chi connectivity index (χ0n) is 9.55. The van der Waals surface area contributed by atoms with Crippen LogP contribution in [0, 0.1) is 12.3 Å². The number of carbonyl (C=O) groups is 3. The Labute approximate surface area is 99.2 Å². The highest BCUT2D eigenvalue weighted by molar-refractivity contribution is 6.05. The van der Waals surface area contributed by atoms with E-state index in [-0.39, 0.29) is 31.3 Å². The number of hydrogen-bond acceptors (Lipinski definition) is 4. The first-order valence-electron chi connectivity index (χ1n) is 5.24. The molecule has 0 saturated carbocycles. The van der Waals surface area contributed by atoms with Gasteiger partial charge in [0.05, 0.1) is 25.6 Å². The number of carbonyl (C=O) groups excluding carboxylic acids is 2. The van der Waals surface area contributed by atoms with Gasteiger partial charge in [0.25, 0.3) is 0 Å². The number of nitrogens with zero attached hydrogens (tertiary/aromatic N) is 2. The summed E-state index contributed by atoms with van der Waals surface area (Å²) in [6, 6.07) is -0.741. The fourth-order valence-electron chi connectivity index (χ4n) is 1.85. The molecule has 1 aliphatic heterocycles. The lowest BCUT2D eigenvalue weighted by atomic mass is 10.2. The van der Waals surface area contributed by atoms with Gasteiger partial charge in [0.2, 0.25) is 11.8 Å². The van der Waals surface area contributed by atoms with Crippen molar-refractivity contribution in [3.05, 3.63) is 0 Å². The summed E-state index contributed by atoms with van der Waals surface area (Å²) in [4.78, 5) is 36.5. The monoisotopic (exact) mass is 238 g/mol. The Balaban J connectivity index is 2.83. The van der Waals surface area contributed by atoms with Gasteiger partial charge in [-0.3, -0.25) is 24.2 Å². The van der Waals surface area contributed by atoms with E-state index >= 15 is 0 Å². The SMILES string of the molecule is C#CCN(CC(=O)O)C1CC(=O)N(CC)C1=O. The summed E-state index contributed by atoms with van der Waals surface area (Å²) in [6.45, 7) is 1.69. The summed E-state index contributed by atoms with van der Waals surface area (Å²) in [6.07, 6.45) is 5.13. The standard InChI is InChI=1S/C11H14N2O4/c1-3-5-12(7-10(15)16)8-6-9(14)13(4-2)11(8)17/h1,8H,4-7H2,2H3,(H,15,16). The van der Waals surface area contributed by atoms with Crippen LogP contribution >= 0.6 is 0 Å². The highest BCUT2D eigenvalue weighted by atomic mass is 16.4. The van der Waals surface area contributed by atoms with Crippen LogP contribution in [-0.4, -0.2) is 58.4 Å². The Kier molecular flexibility index (Phi) is 4.24. The third-order valence-electron chi connectivity index (χ3n) is 2.61. The Hall–Kier alpha value is -1.87. The number of carboxylic acids is 1. The summed E-state index contributed by atoms with van der Waals surface area (Å²) >= 11 is 0. The molecule has 0 aromatic heterocycles. The summed E-state index contributed by atoms with van der Waals surface area (Å²) in [5.74, 6) is 0.576. The molecule has 1 rings (SSSR count). The fraction of sp³-hybridized carbons (Fsp3) is 0.545. The molecule has 6 heteroatoms. The highest BCUT2D eigenvalue weighted by Gasteiger charge is 2.41. The number of carboxylic acid groups (broad SMARTS) is 1. The molecule has 1 unspecified atom stereocenters. The van der Waals surface area contributed by atoms with E-state index in [0.717, 1.165) is 4.90 Å². The van der Waals surface area contributed by atoms with Crippen molar-refractivity contribution in [1.82, 2.24) is 9.80 Å². The van der Waals surface area contributed by atoms with Crippen LogP contribution in [0.15, 0.2) is 0 Å². The number of likely N-dealkylation sites (tertiary alicyclic amines) is 1. The lowest BCUT2D eigenvalue weighted by molar-refractivity contribution is -0.140. The van der Waals surface area contributed by atoms with Gasteiger partial charge in [0, 0.05) is 6.54 Å². The van der Waals surface area contributed by atoms with Crippen LogP contribution < -0.4 is 0 Å². The van der Waals surface area contributed by atoms with Gasteiger partial charge in [-0.2, -0.15) is 0 Å². The van der Waals surface area contributed by atoms with E-state index in [1.807, 2.05) is 0 Å². The molecule has 1 heterocycles. The van der Waals surface area contributed by atoms with E-state index < -0.39 is 12.0 Å². The van der Waals surface area contributed by atoms with Gasteiger partial charge in [0.1, 0.15) is 0 Å². The molecule has 1 saturated heterocycles. The molecule has 92 valence electrons. The summed E-state index contributed by atoms with van der Waals surface area (Å²) in [5.41, 5.74) is 0. The Bertz CT molecular complexity index is 385. The second-order valence-corrected chi connectivity index (χ2v) is 3.70. The average molecular weight is 238 g/mol. The maximum Gasteiger partial charge on any atom is 0.317 e. The second-order valence-electron chi connectivity index (χ2n) is 3.70. The van der Waals surface area contributed by atoms with Crippen molar-refractivity contribution in [2.75, 3.05) is 19.6 Å². The molecular formula is C11H14N2O4. The van der Waals surface area contributed by atoms with Crippen molar-refractivity contribution in [3.63, 3.8) is 0 Å². The molecule has 0 aliphatic carbocycles. The van der Waals surface area contributed by atoms with Crippen molar-refractivity contribution >= 4 is 17.8 Å². The van der Waals surface area contributed by atoms with Gasteiger partial charge >= 0.3 is 5.97 Å². The van der Waals surface area contributed by atoms with E-state index in [1.54, 1.807) is 6.92 Å². The zero-order chi connectivity index (χ0) is 13.0. The molecule has 0 radical (unpaired) electrons. The number of hydrogen-bond donors (Lipinski definition) is 1. The van der Waals surface area contributed by atoms with E-state index in [0.29, 0.717) is 6.54 Å². The van der Waals surface area contributed by atoms with Gasteiger partial charge in [-0.15, -0.1) is 6.42 Å². The maximum absolute atomic E-state index is 11.8. The quantitative estimate of drug-likeness (QED) is 0.499. The van der Waals surface area contributed by atoms with Crippen molar-refractivity contribution < 1.29 is 19.5 Å². The van der Waals surface area contributed by atoms with Crippen molar-refractivity contribution in [2.24, 2.45) is 0 Å². The molecule has 2 amide bonds. The molecule has 6 nitrogen and oxygen atoms in total. The summed E-state index contributed by atoms with van der Waals surface area (Å²) in [7, 11) is 0. The van der Waals surface area contributed by atoms with Crippen molar-refractivity contribution in [2.45, 2.75) is 19.4 Å². The van der Waals surface area contributed by atoms with Crippen LogP contribution in [-0.2, 0) is 14.4 Å². The lowest BCUT2D eigenvalue weighted by Crippen LogP contribution is -2.44. The van der Waals surface area contributed by atoms with Crippen molar-refractivity contribution in [1.29, 1.82) is 0 Å². The van der Waals surface area contributed by atoms with Crippen LogP contribution in [0.25, 0.3) is 0 Å². The van der Waals surface area contributed by atoms with Gasteiger partial charge < -0.3 is 5.11 Å². The number of amides is 2. The van der Waals surface area contributed by atoms with Crippen molar-refractivity contribution in [3.8, 4) is 12.3 Å². The van der Waals surface area contributed by atoms with Crippen LogP contribution in [0.5, 0.6) is 0 Å². The van der Waals surface area contributed by atoms with E-state index in [1.165, 1.54) is 4.90 Å². The molecule has 1 fully saturated rings. The minimum atomic E-state index is -1.07. The Morgan fingerprint density at radius 3 is 2.71 bits per heavy atom. The zero-order valence-corrected chi connectivity index (χ0v) is 9.55. The smallest absolute Gasteiger partial charge is 0.317 e. The van der Waals surface area contributed by atoms with Gasteiger partial charge in [-0.05, 0) is 6.92 Å². The maximum atomic E-state index is 11.8. The van der Waals surface area contributed by atoms with Crippen LogP contribution in [0.4, 0.5) is 0 Å². The second kappa shape index (κ2) is 5.46. The lowest BCUT2D eigenvalue weighted by Gasteiger charge is -2.23. The minimum Gasteiger partial charge on any atom is -0.480 e.